The Morgan fingerprint density at radius 3 is 2.86 bits per heavy atom. The van der Waals surface area contributed by atoms with E-state index < -0.39 is 11.9 Å². The lowest BCUT2D eigenvalue weighted by Crippen LogP contribution is -2.17. The van der Waals surface area contributed by atoms with Crippen LogP contribution in [-0.2, 0) is 4.79 Å². The SMILES string of the molecule is CNCCC(C(=O)O)c1ccc(Br)s1. The van der Waals surface area contributed by atoms with E-state index in [2.05, 4.69) is 21.2 Å². The van der Waals surface area contributed by atoms with Gasteiger partial charge in [0.15, 0.2) is 0 Å². The molecule has 1 aromatic heterocycles. The molecular weight excluding hydrogens is 266 g/mol. The predicted molar refractivity (Wildman–Crippen MR) is 60.9 cm³/mol. The molecule has 78 valence electrons. The summed E-state index contributed by atoms with van der Waals surface area (Å²) >= 11 is 4.81. The fourth-order valence-corrected chi connectivity index (χ4v) is 2.74. The molecule has 0 bridgehead atoms. The molecule has 1 aromatic rings. The van der Waals surface area contributed by atoms with Crippen molar-refractivity contribution in [1.29, 1.82) is 0 Å². The molecule has 2 N–H and O–H groups in total. The number of hydrogen-bond donors (Lipinski definition) is 2. The molecule has 1 rings (SSSR count). The number of thiophene rings is 1. The van der Waals surface area contributed by atoms with Crippen molar-refractivity contribution in [3.8, 4) is 0 Å². The summed E-state index contributed by atoms with van der Waals surface area (Å²) in [6.45, 7) is 0.715. The smallest absolute Gasteiger partial charge is 0.311 e. The predicted octanol–water partition coefficient (Wildman–Crippen LogP) is 2.29. The van der Waals surface area contributed by atoms with Crippen LogP contribution < -0.4 is 5.32 Å². The third-order valence-electron chi connectivity index (χ3n) is 1.92. The summed E-state index contributed by atoms with van der Waals surface area (Å²) in [5.41, 5.74) is 0. The lowest BCUT2D eigenvalue weighted by Gasteiger charge is -2.09. The Balaban J connectivity index is 2.72. The van der Waals surface area contributed by atoms with Gasteiger partial charge in [0.05, 0.1) is 9.70 Å². The van der Waals surface area contributed by atoms with Crippen molar-refractivity contribution in [2.45, 2.75) is 12.3 Å². The van der Waals surface area contributed by atoms with E-state index in [1.807, 2.05) is 19.2 Å². The van der Waals surface area contributed by atoms with E-state index in [1.165, 1.54) is 11.3 Å². The highest BCUT2D eigenvalue weighted by molar-refractivity contribution is 9.11. The van der Waals surface area contributed by atoms with Gasteiger partial charge in [-0.2, -0.15) is 0 Å². The van der Waals surface area contributed by atoms with E-state index in [1.54, 1.807) is 0 Å². The van der Waals surface area contributed by atoms with Gasteiger partial charge in [0, 0.05) is 4.88 Å². The van der Waals surface area contributed by atoms with Crippen LogP contribution in [0, 0.1) is 0 Å². The van der Waals surface area contributed by atoms with Crippen molar-refractivity contribution in [2.24, 2.45) is 0 Å². The van der Waals surface area contributed by atoms with Gasteiger partial charge in [-0.05, 0) is 48.1 Å². The molecule has 0 aliphatic heterocycles. The minimum absolute atomic E-state index is 0.390. The van der Waals surface area contributed by atoms with E-state index >= 15 is 0 Å². The maximum atomic E-state index is 11.0. The van der Waals surface area contributed by atoms with Crippen LogP contribution in [-0.4, -0.2) is 24.7 Å². The minimum Gasteiger partial charge on any atom is -0.481 e. The molecule has 1 atom stereocenters. The summed E-state index contributed by atoms with van der Waals surface area (Å²) in [5, 5.41) is 12.0. The average Bonchev–Trinajstić information content (AvgIpc) is 2.52. The zero-order valence-electron chi connectivity index (χ0n) is 7.79. The highest BCUT2D eigenvalue weighted by Gasteiger charge is 2.20. The van der Waals surface area contributed by atoms with Crippen molar-refractivity contribution in [3.05, 3.63) is 20.8 Å². The lowest BCUT2D eigenvalue weighted by atomic mass is 10.0. The lowest BCUT2D eigenvalue weighted by molar-refractivity contribution is -0.138. The van der Waals surface area contributed by atoms with Crippen LogP contribution >= 0.6 is 27.3 Å². The maximum absolute atomic E-state index is 11.0. The highest BCUT2D eigenvalue weighted by Crippen LogP contribution is 2.30. The number of carboxylic acids is 1. The van der Waals surface area contributed by atoms with Crippen LogP contribution in [0.5, 0.6) is 0 Å². The van der Waals surface area contributed by atoms with Crippen molar-refractivity contribution in [3.63, 3.8) is 0 Å². The molecule has 0 saturated carbocycles. The summed E-state index contributed by atoms with van der Waals surface area (Å²) in [6.07, 6.45) is 0.624. The first-order chi connectivity index (χ1) is 6.65. The summed E-state index contributed by atoms with van der Waals surface area (Å²) in [5.74, 6) is -1.15. The number of carboxylic acid groups (broad SMARTS) is 1. The Bertz CT molecular complexity index is 314. The van der Waals surface area contributed by atoms with Gasteiger partial charge in [0.25, 0.3) is 0 Å². The number of aliphatic carboxylic acids is 1. The molecule has 0 fully saturated rings. The molecule has 0 aromatic carbocycles. The van der Waals surface area contributed by atoms with Crippen LogP contribution in [0.2, 0.25) is 0 Å². The number of rotatable bonds is 5. The fraction of sp³-hybridized carbons (Fsp3) is 0.444. The van der Waals surface area contributed by atoms with Gasteiger partial charge in [0.1, 0.15) is 0 Å². The fourth-order valence-electron chi connectivity index (χ4n) is 1.19. The van der Waals surface area contributed by atoms with Gasteiger partial charge in [-0.3, -0.25) is 4.79 Å². The molecule has 0 spiro atoms. The molecule has 0 radical (unpaired) electrons. The van der Waals surface area contributed by atoms with E-state index in [4.69, 9.17) is 5.11 Å². The molecule has 1 heterocycles. The normalized spacial score (nSPS) is 12.7. The molecule has 14 heavy (non-hydrogen) atoms. The van der Waals surface area contributed by atoms with E-state index in [9.17, 15) is 4.79 Å². The summed E-state index contributed by atoms with van der Waals surface area (Å²) in [4.78, 5) is 11.9. The van der Waals surface area contributed by atoms with Gasteiger partial charge < -0.3 is 10.4 Å². The Kier molecular flexibility index (Phi) is 4.57. The monoisotopic (exact) mass is 277 g/mol. The van der Waals surface area contributed by atoms with Crippen molar-refractivity contribution in [2.75, 3.05) is 13.6 Å². The molecule has 3 nitrogen and oxygen atoms in total. The minimum atomic E-state index is -0.755. The van der Waals surface area contributed by atoms with Crippen LogP contribution in [0.1, 0.15) is 17.2 Å². The molecule has 1 unspecified atom stereocenters. The Morgan fingerprint density at radius 1 is 1.71 bits per heavy atom. The van der Waals surface area contributed by atoms with E-state index in [0.717, 1.165) is 8.66 Å². The quantitative estimate of drug-likeness (QED) is 0.868. The first kappa shape index (κ1) is 11.7. The summed E-state index contributed by atoms with van der Waals surface area (Å²) in [6, 6.07) is 3.75. The largest absolute Gasteiger partial charge is 0.481 e. The standard InChI is InChI=1S/C9H12BrNO2S/c1-11-5-4-6(9(12)13)7-2-3-8(10)14-7/h2-3,6,11H,4-5H2,1H3,(H,12,13). The summed E-state index contributed by atoms with van der Waals surface area (Å²) < 4.78 is 0.975. The van der Waals surface area contributed by atoms with Gasteiger partial charge in [-0.15, -0.1) is 11.3 Å². The first-order valence-corrected chi connectivity index (χ1v) is 5.88. The topological polar surface area (TPSA) is 49.3 Å². The molecule has 0 amide bonds. The van der Waals surface area contributed by atoms with Crippen molar-refractivity contribution >= 4 is 33.2 Å². The number of nitrogens with one attached hydrogen (secondary N) is 1. The number of hydrogen-bond acceptors (Lipinski definition) is 3. The number of halogens is 1. The van der Waals surface area contributed by atoms with Gasteiger partial charge in [-0.1, -0.05) is 0 Å². The Hall–Kier alpha value is -0.390. The van der Waals surface area contributed by atoms with Crippen molar-refractivity contribution in [1.82, 2.24) is 5.32 Å². The van der Waals surface area contributed by atoms with Crippen LogP contribution in [0.4, 0.5) is 0 Å². The van der Waals surface area contributed by atoms with Gasteiger partial charge >= 0.3 is 5.97 Å². The third kappa shape index (κ3) is 3.08. The first-order valence-electron chi connectivity index (χ1n) is 4.27. The Labute approximate surface area is 95.3 Å². The highest BCUT2D eigenvalue weighted by atomic mass is 79.9. The molecular formula is C9H12BrNO2S. The van der Waals surface area contributed by atoms with E-state index in [-0.39, 0.29) is 0 Å². The molecule has 0 saturated heterocycles. The second-order valence-corrected chi connectivity index (χ2v) is 5.42. The number of carbonyl (C=O) groups is 1. The van der Waals surface area contributed by atoms with Gasteiger partial charge in [0.2, 0.25) is 0 Å². The average molecular weight is 278 g/mol. The summed E-state index contributed by atoms with van der Waals surface area (Å²) in [7, 11) is 1.82. The van der Waals surface area contributed by atoms with Crippen LogP contribution in [0.25, 0.3) is 0 Å². The van der Waals surface area contributed by atoms with Crippen LogP contribution in [0.15, 0.2) is 15.9 Å². The molecule has 5 heteroatoms. The van der Waals surface area contributed by atoms with Crippen LogP contribution in [0.3, 0.4) is 0 Å². The second kappa shape index (κ2) is 5.48. The molecule has 0 aliphatic carbocycles. The van der Waals surface area contributed by atoms with E-state index in [0.29, 0.717) is 13.0 Å². The second-order valence-electron chi connectivity index (χ2n) is 2.92. The third-order valence-corrected chi connectivity index (χ3v) is 3.66. The van der Waals surface area contributed by atoms with Crippen molar-refractivity contribution < 1.29 is 9.90 Å². The maximum Gasteiger partial charge on any atom is 0.311 e. The molecule has 0 aliphatic rings. The zero-order chi connectivity index (χ0) is 10.6. The zero-order valence-corrected chi connectivity index (χ0v) is 10.2. The van der Waals surface area contributed by atoms with Gasteiger partial charge in [-0.25, -0.2) is 0 Å². The Morgan fingerprint density at radius 2 is 2.43 bits per heavy atom.